The first-order valence-electron chi connectivity index (χ1n) is 7.98. The second-order valence-corrected chi connectivity index (χ2v) is 7.07. The van der Waals surface area contributed by atoms with E-state index in [4.69, 9.17) is 4.74 Å². The summed E-state index contributed by atoms with van der Waals surface area (Å²) in [7, 11) is 0. The van der Waals surface area contributed by atoms with E-state index in [9.17, 15) is 10.0 Å². The van der Waals surface area contributed by atoms with Gasteiger partial charge in [0.1, 0.15) is 5.60 Å². The highest BCUT2D eigenvalue weighted by atomic mass is 16.6. The molecule has 124 valence electrons. The van der Waals surface area contributed by atoms with Gasteiger partial charge in [-0.2, -0.15) is 4.73 Å². The molecule has 3 aliphatic rings. The molecule has 1 amide bonds. The van der Waals surface area contributed by atoms with E-state index >= 15 is 0 Å². The predicted octanol–water partition coefficient (Wildman–Crippen LogP) is 3.34. The number of likely N-dealkylation sites (tertiary alicyclic amines) is 1. The molecule has 0 aromatic rings. The van der Waals surface area contributed by atoms with E-state index in [0.29, 0.717) is 12.4 Å². The van der Waals surface area contributed by atoms with E-state index in [0.717, 1.165) is 35.2 Å². The van der Waals surface area contributed by atoms with Gasteiger partial charge in [-0.1, -0.05) is 0 Å². The number of rotatable bonds is 1. The molecule has 1 N–H and O–H groups in total. The zero-order valence-electron chi connectivity index (χ0n) is 13.8. The molecule has 3 heterocycles. The lowest BCUT2D eigenvalue weighted by atomic mass is 9.89. The number of pyridine rings is 1. The standard InChI is InChI=1S/C17H23N3O3/c1-17(2,3)23-16(21)19-8-4-6-12(11-19)14-10-18-15-13(14)7-5-9-20(15)22/h5,7,9-10,12,22H,4,6,8,11H2,1-3H3. The van der Waals surface area contributed by atoms with Crippen LogP contribution in [-0.4, -0.2) is 44.6 Å². The number of aromatic nitrogens is 2. The van der Waals surface area contributed by atoms with Crippen LogP contribution in [-0.2, 0) is 4.74 Å². The van der Waals surface area contributed by atoms with Crippen LogP contribution < -0.4 is 0 Å². The van der Waals surface area contributed by atoms with Gasteiger partial charge in [-0.25, -0.2) is 9.78 Å². The average molecular weight is 317 g/mol. The number of carbonyl (C=O) groups excluding carboxylic acids is 1. The average Bonchev–Trinajstić information content (AvgIpc) is 2.91. The zero-order chi connectivity index (χ0) is 16.6. The number of hydrogen-bond acceptors (Lipinski definition) is 4. The molecule has 0 aromatic carbocycles. The molecule has 1 unspecified atom stereocenters. The van der Waals surface area contributed by atoms with Crippen LogP contribution in [0.4, 0.5) is 4.79 Å². The fourth-order valence-corrected chi connectivity index (χ4v) is 3.09. The van der Waals surface area contributed by atoms with Gasteiger partial charge in [-0.3, -0.25) is 0 Å². The summed E-state index contributed by atoms with van der Waals surface area (Å²) in [6.07, 6.45) is 5.04. The summed E-state index contributed by atoms with van der Waals surface area (Å²) in [6, 6.07) is 3.75. The maximum absolute atomic E-state index is 12.3. The number of ether oxygens (including phenoxy) is 1. The Morgan fingerprint density at radius 2 is 2.22 bits per heavy atom. The molecule has 1 atom stereocenters. The zero-order valence-corrected chi connectivity index (χ0v) is 13.8. The largest absolute Gasteiger partial charge is 0.444 e. The van der Waals surface area contributed by atoms with Crippen LogP contribution in [0.15, 0.2) is 24.5 Å². The summed E-state index contributed by atoms with van der Waals surface area (Å²) >= 11 is 0. The number of piperidine rings is 1. The topological polar surface area (TPSA) is 67.6 Å². The van der Waals surface area contributed by atoms with E-state index in [1.807, 2.05) is 26.8 Å². The fourth-order valence-electron chi connectivity index (χ4n) is 3.09. The third-order valence-corrected chi connectivity index (χ3v) is 4.10. The van der Waals surface area contributed by atoms with E-state index in [1.165, 1.54) is 0 Å². The minimum atomic E-state index is -0.485. The normalized spacial score (nSPS) is 19.1. The second-order valence-electron chi connectivity index (χ2n) is 7.07. The van der Waals surface area contributed by atoms with Crippen LogP contribution in [0.3, 0.4) is 0 Å². The van der Waals surface area contributed by atoms with Crippen molar-refractivity contribution in [2.24, 2.45) is 0 Å². The minimum Gasteiger partial charge on any atom is -0.444 e. The Labute approximate surface area is 136 Å². The van der Waals surface area contributed by atoms with Gasteiger partial charge in [0.05, 0.1) is 0 Å². The van der Waals surface area contributed by atoms with Crippen LogP contribution in [0.5, 0.6) is 0 Å². The van der Waals surface area contributed by atoms with E-state index in [2.05, 4.69) is 4.98 Å². The summed E-state index contributed by atoms with van der Waals surface area (Å²) < 4.78 is 6.51. The molecule has 0 bridgehead atoms. The van der Waals surface area contributed by atoms with Crippen molar-refractivity contribution >= 4 is 6.09 Å². The summed E-state index contributed by atoms with van der Waals surface area (Å²) in [6.45, 7) is 6.97. The number of nitrogens with zero attached hydrogens (tertiary/aromatic N) is 3. The molecule has 1 fully saturated rings. The summed E-state index contributed by atoms with van der Waals surface area (Å²) in [5, 5.41) is 9.82. The van der Waals surface area contributed by atoms with Gasteiger partial charge in [0.15, 0.2) is 5.82 Å². The number of hydrogen-bond donors (Lipinski definition) is 1. The molecule has 6 nitrogen and oxygen atoms in total. The van der Waals surface area contributed by atoms with Gasteiger partial charge in [0, 0.05) is 37.0 Å². The summed E-state index contributed by atoms with van der Waals surface area (Å²) in [5.41, 5.74) is 1.53. The van der Waals surface area contributed by atoms with Crippen molar-refractivity contribution < 1.29 is 14.7 Å². The Morgan fingerprint density at radius 1 is 1.43 bits per heavy atom. The highest BCUT2D eigenvalue weighted by molar-refractivity contribution is 5.69. The van der Waals surface area contributed by atoms with Gasteiger partial charge in [0.25, 0.3) is 0 Å². The van der Waals surface area contributed by atoms with Gasteiger partial charge in [0.2, 0.25) is 0 Å². The lowest BCUT2D eigenvalue weighted by Crippen LogP contribution is -2.42. The molecule has 6 heteroatoms. The lowest BCUT2D eigenvalue weighted by Gasteiger charge is -2.34. The first-order valence-corrected chi connectivity index (χ1v) is 7.98. The molecule has 3 aliphatic heterocycles. The van der Waals surface area contributed by atoms with Gasteiger partial charge in [-0.05, 0) is 51.3 Å². The van der Waals surface area contributed by atoms with Crippen LogP contribution in [0.2, 0.25) is 0 Å². The Kier molecular flexibility index (Phi) is 3.92. The van der Waals surface area contributed by atoms with E-state index in [-0.39, 0.29) is 12.0 Å². The minimum absolute atomic E-state index is 0.212. The van der Waals surface area contributed by atoms with Crippen LogP contribution in [0, 0.1) is 0 Å². The predicted molar refractivity (Wildman–Crippen MR) is 85.8 cm³/mol. The third kappa shape index (κ3) is 3.25. The number of carbonyl (C=O) groups is 1. The quantitative estimate of drug-likeness (QED) is 0.819. The third-order valence-electron chi connectivity index (χ3n) is 4.10. The molecular formula is C17H23N3O3. The molecule has 0 radical (unpaired) electrons. The van der Waals surface area contributed by atoms with Crippen LogP contribution in [0.25, 0.3) is 11.4 Å². The molecule has 0 spiro atoms. The molecular weight excluding hydrogens is 294 g/mol. The monoisotopic (exact) mass is 317 g/mol. The Hall–Kier alpha value is -2.24. The number of amides is 1. The highest BCUT2D eigenvalue weighted by Gasteiger charge is 2.30. The van der Waals surface area contributed by atoms with Crippen LogP contribution >= 0.6 is 0 Å². The van der Waals surface area contributed by atoms with Gasteiger partial charge < -0.3 is 14.8 Å². The lowest BCUT2D eigenvalue weighted by molar-refractivity contribution is 0.0198. The van der Waals surface area contributed by atoms with Crippen molar-refractivity contribution in [3.63, 3.8) is 0 Å². The van der Waals surface area contributed by atoms with Gasteiger partial charge >= 0.3 is 6.09 Å². The maximum Gasteiger partial charge on any atom is 0.410 e. The maximum atomic E-state index is 12.3. The first kappa shape index (κ1) is 15.6. The van der Waals surface area contributed by atoms with Crippen molar-refractivity contribution in [1.82, 2.24) is 14.6 Å². The SMILES string of the molecule is CC(C)(C)OC(=O)N1CCCC(c2cnc3n(O)cccc2-3)C1. The molecule has 0 aromatic heterocycles. The van der Waals surface area contributed by atoms with E-state index in [1.54, 1.807) is 23.4 Å². The van der Waals surface area contributed by atoms with Crippen molar-refractivity contribution in [1.29, 1.82) is 0 Å². The Morgan fingerprint density at radius 3 is 2.96 bits per heavy atom. The Balaban J connectivity index is 1.77. The van der Waals surface area contributed by atoms with E-state index < -0.39 is 5.60 Å². The Bertz CT molecular complexity index is 674. The molecule has 0 aliphatic carbocycles. The molecule has 1 saturated heterocycles. The van der Waals surface area contributed by atoms with Gasteiger partial charge in [-0.15, -0.1) is 0 Å². The first-order chi connectivity index (χ1) is 10.8. The second kappa shape index (κ2) is 5.76. The fraction of sp³-hybridized carbons (Fsp3) is 0.529. The molecule has 0 saturated carbocycles. The summed E-state index contributed by atoms with van der Waals surface area (Å²) in [4.78, 5) is 18.4. The highest BCUT2D eigenvalue weighted by Crippen LogP contribution is 2.35. The van der Waals surface area contributed by atoms with Crippen molar-refractivity contribution in [3.05, 3.63) is 30.1 Å². The van der Waals surface area contributed by atoms with Crippen LogP contribution in [0.1, 0.15) is 45.1 Å². The summed E-state index contributed by atoms with van der Waals surface area (Å²) in [5.74, 6) is 0.764. The van der Waals surface area contributed by atoms with Crippen molar-refractivity contribution in [2.45, 2.75) is 45.1 Å². The molecule has 3 rings (SSSR count). The molecule has 23 heavy (non-hydrogen) atoms. The van der Waals surface area contributed by atoms with Crippen molar-refractivity contribution in [3.8, 4) is 11.4 Å². The van der Waals surface area contributed by atoms with Crippen molar-refractivity contribution in [2.75, 3.05) is 13.1 Å². The smallest absolute Gasteiger partial charge is 0.410 e. The number of fused-ring (bicyclic) bond motifs is 1.